The summed E-state index contributed by atoms with van der Waals surface area (Å²) in [6, 6.07) is 11.9. The maximum atomic E-state index is 14.3. The van der Waals surface area contributed by atoms with Crippen LogP contribution in [0.15, 0.2) is 48.5 Å². The van der Waals surface area contributed by atoms with E-state index in [1.165, 1.54) is 12.1 Å². The number of carbonyl (C=O) groups is 3. The summed E-state index contributed by atoms with van der Waals surface area (Å²) >= 11 is 0. The Morgan fingerprint density at radius 2 is 1.70 bits per heavy atom. The Morgan fingerprint density at radius 1 is 1.00 bits per heavy atom. The van der Waals surface area contributed by atoms with Gasteiger partial charge < -0.3 is 25.4 Å². The fourth-order valence-corrected chi connectivity index (χ4v) is 4.45. The molecule has 8 heteroatoms. The number of hydrogen-bond donors (Lipinski definition) is 3. The van der Waals surface area contributed by atoms with Crippen molar-refractivity contribution in [1.82, 2.24) is 10.2 Å². The largest absolute Gasteiger partial charge is 0.508 e. The quantitative estimate of drug-likeness (QED) is 0.238. The van der Waals surface area contributed by atoms with E-state index in [1.807, 2.05) is 45.0 Å². The average Bonchev–Trinajstić information content (AvgIpc) is 2.88. The molecule has 220 valence electrons. The van der Waals surface area contributed by atoms with Crippen LogP contribution in [0.2, 0.25) is 0 Å². The lowest BCUT2D eigenvalue weighted by Crippen LogP contribution is -2.55. The minimum Gasteiger partial charge on any atom is -0.508 e. The topological polar surface area (TPSA) is 108 Å². The van der Waals surface area contributed by atoms with Gasteiger partial charge in [0.2, 0.25) is 5.91 Å². The van der Waals surface area contributed by atoms with E-state index in [0.717, 1.165) is 24.8 Å². The van der Waals surface area contributed by atoms with Crippen LogP contribution >= 0.6 is 0 Å². The Labute approximate surface area is 239 Å². The zero-order chi connectivity index (χ0) is 29.9. The van der Waals surface area contributed by atoms with Gasteiger partial charge in [-0.25, -0.2) is 4.79 Å². The molecular formula is C32H47N3O5. The van der Waals surface area contributed by atoms with Crippen LogP contribution in [-0.2, 0) is 14.3 Å². The van der Waals surface area contributed by atoms with Gasteiger partial charge in [-0.3, -0.25) is 9.59 Å². The second-order valence-electron chi connectivity index (χ2n) is 11.4. The van der Waals surface area contributed by atoms with Crippen molar-refractivity contribution in [3.8, 4) is 5.75 Å². The van der Waals surface area contributed by atoms with Gasteiger partial charge in [0.05, 0.1) is 0 Å². The standard InChI is InChI=1S/C32H47N3O5/c1-8-10-11-14-20-35(30(38)27(22(3)9-2)34-31(39)40-32(5,6)7)28(24-17-15-18-25(36)21-24)29(37)33-26-19-13-12-16-23(26)4/h12-13,15-19,21-22,27-28,36H,8-11,14,20H2,1-7H3,(H,33,37)(H,34,39). The zero-order valence-corrected chi connectivity index (χ0v) is 25.1. The number of phenolic OH excluding ortho intramolecular Hbond substituents is 1. The first-order valence-corrected chi connectivity index (χ1v) is 14.3. The highest BCUT2D eigenvalue weighted by Crippen LogP contribution is 2.29. The molecule has 0 radical (unpaired) electrons. The van der Waals surface area contributed by atoms with Crippen molar-refractivity contribution in [2.75, 3.05) is 11.9 Å². The van der Waals surface area contributed by atoms with Gasteiger partial charge in [0, 0.05) is 12.2 Å². The molecule has 2 aromatic rings. The fraction of sp³-hybridized carbons (Fsp3) is 0.531. The molecule has 2 rings (SSSR count). The van der Waals surface area contributed by atoms with Crippen molar-refractivity contribution >= 4 is 23.6 Å². The number of alkyl carbamates (subject to hydrolysis) is 1. The number of para-hydroxylation sites is 1. The van der Waals surface area contributed by atoms with E-state index in [9.17, 15) is 19.5 Å². The maximum Gasteiger partial charge on any atom is 0.408 e. The summed E-state index contributed by atoms with van der Waals surface area (Å²) in [5.74, 6) is -0.994. The lowest BCUT2D eigenvalue weighted by molar-refractivity contribution is -0.142. The van der Waals surface area contributed by atoms with E-state index in [-0.39, 0.29) is 17.6 Å². The fourth-order valence-electron chi connectivity index (χ4n) is 4.45. The molecule has 0 aliphatic carbocycles. The highest BCUT2D eigenvalue weighted by atomic mass is 16.6. The predicted octanol–water partition coefficient (Wildman–Crippen LogP) is 6.73. The van der Waals surface area contributed by atoms with Gasteiger partial charge in [0.15, 0.2) is 0 Å². The van der Waals surface area contributed by atoms with Crippen LogP contribution in [0.5, 0.6) is 5.75 Å². The van der Waals surface area contributed by atoms with Crippen molar-refractivity contribution in [3.63, 3.8) is 0 Å². The highest BCUT2D eigenvalue weighted by molar-refractivity contribution is 5.99. The number of carbonyl (C=O) groups excluding carboxylic acids is 3. The van der Waals surface area contributed by atoms with Gasteiger partial charge in [-0.15, -0.1) is 0 Å². The molecule has 3 unspecified atom stereocenters. The number of rotatable bonds is 13. The van der Waals surface area contributed by atoms with Crippen molar-refractivity contribution in [3.05, 3.63) is 59.7 Å². The first-order valence-electron chi connectivity index (χ1n) is 14.3. The Morgan fingerprint density at radius 3 is 2.30 bits per heavy atom. The first-order chi connectivity index (χ1) is 18.9. The van der Waals surface area contributed by atoms with Crippen LogP contribution < -0.4 is 10.6 Å². The molecule has 0 fully saturated rings. The van der Waals surface area contributed by atoms with Crippen molar-refractivity contribution in [1.29, 1.82) is 0 Å². The van der Waals surface area contributed by atoms with Crippen LogP contribution in [0, 0.1) is 12.8 Å². The smallest absolute Gasteiger partial charge is 0.408 e. The van der Waals surface area contributed by atoms with Gasteiger partial charge in [0.1, 0.15) is 23.4 Å². The van der Waals surface area contributed by atoms with E-state index < -0.39 is 29.7 Å². The zero-order valence-electron chi connectivity index (χ0n) is 25.1. The van der Waals surface area contributed by atoms with Gasteiger partial charge in [-0.05, 0) is 69.4 Å². The molecule has 3 N–H and O–H groups in total. The molecule has 0 aromatic heterocycles. The van der Waals surface area contributed by atoms with E-state index in [0.29, 0.717) is 30.6 Å². The number of ether oxygens (including phenoxy) is 1. The molecule has 2 aromatic carbocycles. The normalized spacial score (nSPS) is 13.6. The first kappa shape index (κ1) is 32.7. The molecule has 0 bridgehead atoms. The van der Waals surface area contributed by atoms with Gasteiger partial charge in [-0.1, -0.05) is 76.8 Å². The summed E-state index contributed by atoms with van der Waals surface area (Å²) in [6.45, 7) is 13.5. The number of nitrogens with one attached hydrogen (secondary N) is 2. The molecule has 8 nitrogen and oxygen atoms in total. The number of phenols is 1. The number of benzene rings is 2. The minimum atomic E-state index is -1.03. The number of hydrogen-bond acceptors (Lipinski definition) is 5. The molecule has 0 aliphatic heterocycles. The monoisotopic (exact) mass is 553 g/mol. The molecule has 0 spiro atoms. The van der Waals surface area contributed by atoms with E-state index in [4.69, 9.17) is 4.74 Å². The second kappa shape index (κ2) is 15.3. The molecule has 0 saturated carbocycles. The Kier molecular flexibility index (Phi) is 12.5. The number of aromatic hydroxyl groups is 1. The van der Waals surface area contributed by atoms with Crippen molar-refractivity contribution in [2.45, 2.75) is 98.3 Å². The molecule has 0 saturated heterocycles. The Balaban J connectivity index is 2.56. The SMILES string of the molecule is CCCCCCN(C(=O)C(NC(=O)OC(C)(C)C)C(C)CC)C(C(=O)Nc1ccccc1C)c1cccc(O)c1. The summed E-state index contributed by atoms with van der Waals surface area (Å²) < 4.78 is 5.47. The number of nitrogens with zero attached hydrogens (tertiary/aromatic N) is 1. The summed E-state index contributed by atoms with van der Waals surface area (Å²) in [6.07, 6.45) is 3.54. The number of unbranched alkanes of at least 4 members (excludes halogenated alkanes) is 3. The lowest BCUT2D eigenvalue weighted by Gasteiger charge is -2.36. The molecular weight excluding hydrogens is 506 g/mol. The summed E-state index contributed by atoms with van der Waals surface area (Å²) in [4.78, 5) is 42.7. The molecule has 0 heterocycles. The molecule has 3 amide bonds. The number of anilines is 1. The third-order valence-corrected chi connectivity index (χ3v) is 6.84. The van der Waals surface area contributed by atoms with Gasteiger partial charge >= 0.3 is 6.09 Å². The number of aryl methyl sites for hydroxylation is 1. The maximum absolute atomic E-state index is 14.3. The Bertz CT molecular complexity index is 1130. The van der Waals surface area contributed by atoms with E-state index in [1.54, 1.807) is 37.8 Å². The molecule has 0 aliphatic rings. The van der Waals surface area contributed by atoms with Crippen LogP contribution in [-0.4, -0.2) is 46.1 Å². The third kappa shape index (κ3) is 9.88. The van der Waals surface area contributed by atoms with E-state index >= 15 is 0 Å². The summed E-state index contributed by atoms with van der Waals surface area (Å²) in [5.41, 5.74) is 1.27. The minimum absolute atomic E-state index is 0.00469. The highest BCUT2D eigenvalue weighted by Gasteiger charge is 2.38. The number of amides is 3. The summed E-state index contributed by atoms with van der Waals surface area (Å²) in [7, 11) is 0. The summed E-state index contributed by atoms with van der Waals surface area (Å²) in [5, 5.41) is 16.1. The van der Waals surface area contributed by atoms with Crippen LogP contribution in [0.25, 0.3) is 0 Å². The third-order valence-electron chi connectivity index (χ3n) is 6.84. The van der Waals surface area contributed by atoms with Crippen LogP contribution in [0.3, 0.4) is 0 Å². The molecule has 3 atom stereocenters. The van der Waals surface area contributed by atoms with Crippen LogP contribution in [0.4, 0.5) is 10.5 Å². The predicted molar refractivity (Wildman–Crippen MR) is 159 cm³/mol. The lowest BCUT2D eigenvalue weighted by atomic mass is 9.95. The average molecular weight is 554 g/mol. The molecule has 40 heavy (non-hydrogen) atoms. The van der Waals surface area contributed by atoms with Gasteiger partial charge in [-0.2, -0.15) is 0 Å². The second-order valence-corrected chi connectivity index (χ2v) is 11.4. The Hall–Kier alpha value is -3.55. The van der Waals surface area contributed by atoms with Crippen molar-refractivity contribution in [2.24, 2.45) is 5.92 Å². The van der Waals surface area contributed by atoms with Gasteiger partial charge in [0.25, 0.3) is 5.91 Å². The van der Waals surface area contributed by atoms with Crippen molar-refractivity contribution < 1.29 is 24.2 Å². The van der Waals surface area contributed by atoms with Crippen LogP contribution in [0.1, 0.15) is 90.8 Å². The van der Waals surface area contributed by atoms with E-state index in [2.05, 4.69) is 17.6 Å².